The van der Waals surface area contributed by atoms with E-state index in [2.05, 4.69) is 4.74 Å². The van der Waals surface area contributed by atoms with Crippen LogP contribution in [0.5, 0.6) is 0 Å². The van der Waals surface area contributed by atoms with Crippen LogP contribution in [0.4, 0.5) is 0 Å². The largest absolute Gasteiger partial charge is 0.429 e. The van der Waals surface area contributed by atoms with Gasteiger partial charge in [-0.05, 0) is 6.08 Å². The average Bonchev–Trinajstić information content (AvgIpc) is 1.83. The first-order chi connectivity index (χ1) is 4.22. The molecule has 48 valence electrons. The second-order valence-electron chi connectivity index (χ2n) is 1.54. The zero-order valence-electron chi connectivity index (χ0n) is 4.40. The van der Waals surface area contributed by atoms with Crippen LogP contribution in [-0.4, -0.2) is 23.0 Å². The molecule has 0 aliphatic carbocycles. The van der Waals surface area contributed by atoms with Crippen LogP contribution in [-0.2, 0) is 14.3 Å². The van der Waals surface area contributed by atoms with Crippen molar-refractivity contribution in [2.75, 3.05) is 0 Å². The Kier molecular flexibility index (Phi) is 1.32. The molecule has 0 aromatic heterocycles. The third-order valence-corrected chi connectivity index (χ3v) is 0.906. The summed E-state index contributed by atoms with van der Waals surface area (Å²) < 4.78 is 4.13. The maximum absolute atomic E-state index is 10.3. The molecule has 0 aromatic carbocycles. The first-order valence-electron chi connectivity index (χ1n) is 2.31. The molecule has 1 aliphatic rings. The molecule has 0 aromatic rings. The maximum Gasteiger partial charge on any atom is 0.382 e. The van der Waals surface area contributed by atoms with Crippen LogP contribution in [0, 0.1) is 0 Å². The molecule has 0 saturated carbocycles. The number of ketones is 1. The number of cyclic esters (lactones) is 1. The fourth-order valence-electron chi connectivity index (χ4n) is 0.442. The van der Waals surface area contributed by atoms with Crippen LogP contribution in [0.2, 0.25) is 0 Å². The molecule has 4 nitrogen and oxygen atoms in total. The summed E-state index contributed by atoms with van der Waals surface area (Å²) in [6.07, 6.45) is 0.782. The van der Waals surface area contributed by atoms with Gasteiger partial charge in [0.25, 0.3) is 5.78 Å². The maximum atomic E-state index is 10.3. The van der Waals surface area contributed by atoms with Crippen LogP contribution >= 0.6 is 0 Å². The van der Waals surface area contributed by atoms with Crippen molar-refractivity contribution in [1.82, 2.24) is 0 Å². The molecule has 1 heterocycles. The minimum absolute atomic E-state index is 0.919. The van der Waals surface area contributed by atoms with Crippen LogP contribution in [0.3, 0.4) is 0 Å². The Morgan fingerprint density at radius 3 is 2.67 bits per heavy atom. The standard InChI is InChI=1S/C5H4O4/c6-3-1-2-9-5(8)4(3)7/h1-3,6H. The van der Waals surface area contributed by atoms with Crippen molar-refractivity contribution in [2.24, 2.45) is 0 Å². The van der Waals surface area contributed by atoms with Gasteiger partial charge in [0.2, 0.25) is 0 Å². The molecule has 0 spiro atoms. The van der Waals surface area contributed by atoms with E-state index in [1.54, 1.807) is 0 Å². The van der Waals surface area contributed by atoms with Crippen molar-refractivity contribution in [3.05, 3.63) is 12.3 Å². The molecular formula is C5H4O4. The molecule has 0 fully saturated rings. The van der Waals surface area contributed by atoms with Crippen molar-refractivity contribution in [2.45, 2.75) is 6.10 Å². The summed E-state index contributed by atoms with van der Waals surface area (Å²) in [6.45, 7) is 0. The van der Waals surface area contributed by atoms with Gasteiger partial charge in [-0.15, -0.1) is 0 Å². The minimum Gasteiger partial charge on any atom is -0.429 e. The van der Waals surface area contributed by atoms with Crippen LogP contribution < -0.4 is 0 Å². The summed E-state index contributed by atoms with van der Waals surface area (Å²) in [5.41, 5.74) is 0. The van der Waals surface area contributed by atoms with E-state index in [9.17, 15) is 9.59 Å². The summed E-state index contributed by atoms with van der Waals surface area (Å²) in [5.74, 6) is -1.93. The number of carbonyl (C=O) groups excluding carboxylic acids is 2. The fraction of sp³-hybridized carbons (Fsp3) is 0.200. The van der Waals surface area contributed by atoms with Gasteiger partial charge in [-0.2, -0.15) is 0 Å². The highest BCUT2D eigenvalue weighted by atomic mass is 16.5. The molecule has 0 radical (unpaired) electrons. The predicted octanol–water partition coefficient (Wildman–Crippen LogP) is -1.01. The van der Waals surface area contributed by atoms with E-state index in [1.807, 2.05) is 0 Å². The highest BCUT2D eigenvalue weighted by Gasteiger charge is 2.25. The highest BCUT2D eigenvalue weighted by molar-refractivity contribution is 6.36. The second-order valence-corrected chi connectivity index (χ2v) is 1.54. The number of Topliss-reactive ketones (excluding diaryl/α,β-unsaturated/α-hetero) is 1. The SMILES string of the molecule is O=C1OC=CC(O)C1=O. The van der Waals surface area contributed by atoms with Crippen molar-refractivity contribution in [3.63, 3.8) is 0 Å². The van der Waals surface area contributed by atoms with E-state index in [0.717, 1.165) is 12.3 Å². The van der Waals surface area contributed by atoms with E-state index < -0.39 is 17.9 Å². The van der Waals surface area contributed by atoms with Gasteiger partial charge in [0, 0.05) is 0 Å². The highest BCUT2D eigenvalue weighted by Crippen LogP contribution is 1.98. The van der Waals surface area contributed by atoms with Crippen LogP contribution in [0.15, 0.2) is 12.3 Å². The number of ether oxygens (including phenoxy) is 1. The fourth-order valence-corrected chi connectivity index (χ4v) is 0.442. The second kappa shape index (κ2) is 1.99. The predicted molar refractivity (Wildman–Crippen MR) is 26.2 cm³/mol. The van der Waals surface area contributed by atoms with Gasteiger partial charge in [-0.3, -0.25) is 4.79 Å². The molecule has 0 bridgehead atoms. The topological polar surface area (TPSA) is 63.6 Å². The lowest BCUT2D eigenvalue weighted by Crippen LogP contribution is -2.30. The van der Waals surface area contributed by atoms with Gasteiger partial charge in [-0.25, -0.2) is 4.79 Å². The van der Waals surface area contributed by atoms with Gasteiger partial charge in [0.1, 0.15) is 6.10 Å². The number of aliphatic hydroxyl groups excluding tert-OH is 1. The number of carbonyl (C=O) groups is 2. The quantitative estimate of drug-likeness (QED) is 0.335. The molecule has 0 amide bonds. The van der Waals surface area contributed by atoms with Gasteiger partial charge in [0.05, 0.1) is 6.26 Å². The van der Waals surface area contributed by atoms with Crippen LogP contribution in [0.25, 0.3) is 0 Å². The summed E-state index contributed by atoms with van der Waals surface area (Å²) in [4.78, 5) is 20.6. The van der Waals surface area contributed by atoms with E-state index in [4.69, 9.17) is 5.11 Å². The monoisotopic (exact) mass is 128 g/mol. The van der Waals surface area contributed by atoms with Gasteiger partial charge < -0.3 is 9.84 Å². The van der Waals surface area contributed by atoms with Gasteiger partial charge in [-0.1, -0.05) is 0 Å². The molecule has 1 aliphatic heterocycles. The molecular weight excluding hydrogens is 124 g/mol. The lowest BCUT2D eigenvalue weighted by molar-refractivity contribution is -0.154. The third-order valence-electron chi connectivity index (χ3n) is 0.906. The van der Waals surface area contributed by atoms with Crippen molar-refractivity contribution in [3.8, 4) is 0 Å². The Morgan fingerprint density at radius 2 is 2.22 bits per heavy atom. The molecule has 4 heteroatoms. The third kappa shape index (κ3) is 0.972. The Bertz CT molecular complexity index is 181. The molecule has 1 N–H and O–H groups in total. The van der Waals surface area contributed by atoms with E-state index in [0.29, 0.717) is 0 Å². The Labute approximate surface area is 50.7 Å². The summed E-state index contributed by atoms with van der Waals surface area (Å²) in [7, 11) is 0. The number of esters is 1. The molecule has 1 atom stereocenters. The number of hydrogen-bond donors (Lipinski definition) is 1. The zero-order chi connectivity index (χ0) is 6.85. The number of rotatable bonds is 0. The molecule has 1 rings (SSSR count). The van der Waals surface area contributed by atoms with E-state index in [1.165, 1.54) is 0 Å². The van der Waals surface area contributed by atoms with Crippen molar-refractivity contribution >= 4 is 11.8 Å². The normalized spacial score (nSPS) is 26.1. The Morgan fingerprint density at radius 1 is 1.56 bits per heavy atom. The van der Waals surface area contributed by atoms with Gasteiger partial charge in [0.15, 0.2) is 0 Å². The summed E-state index contributed by atoms with van der Waals surface area (Å²) in [5, 5.41) is 8.61. The molecule has 0 saturated heterocycles. The van der Waals surface area contributed by atoms with E-state index >= 15 is 0 Å². The van der Waals surface area contributed by atoms with Crippen LogP contribution in [0.1, 0.15) is 0 Å². The zero-order valence-corrected chi connectivity index (χ0v) is 4.40. The Hall–Kier alpha value is -1.16. The molecule has 9 heavy (non-hydrogen) atoms. The lowest BCUT2D eigenvalue weighted by Gasteiger charge is -2.06. The Balaban J connectivity index is 2.81. The molecule has 1 unspecified atom stereocenters. The van der Waals surface area contributed by atoms with Crippen molar-refractivity contribution < 1.29 is 19.4 Å². The van der Waals surface area contributed by atoms with E-state index in [-0.39, 0.29) is 0 Å². The first-order valence-corrected chi connectivity index (χ1v) is 2.31. The average molecular weight is 128 g/mol. The summed E-state index contributed by atoms with van der Waals surface area (Å²) >= 11 is 0. The first kappa shape index (κ1) is 5.97. The minimum atomic E-state index is -1.31. The number of aliphatic hydroxyl groups is 1. The van der Waals surface area contributed by atoms with Gasteiger partial charge >= 0.3 is 5.97 Å². The summed E-state index contributed by atoms with van der Waals surface area (Å²) in [6, 6.07) is 0. The number of hydrogen-bond acceptors (Lipinski definition) is 4. The van der Waals surface area contributed by atoms with Crippen molar-refractivity contribution in [1.29, 1.82) is 0 Å². The lowest BCUT2D eigenvalue weighted by atomic mass is 10.2. The smallest absolute Gasteiger partial charge is 0.382 e.